The lowest BCUT2D eigenvalue weighted by Gasteiger charge is -2.61. The van der Waals surface area contributed by atoms with Crippen LogP contribution in [0, 0.1) is 45.8 Å². The van der Waals surface area contributed by atoms with Gasteiger partial charge in [0.2, 0.25) is 0 Å². The SMILES string of the molecule is CO[C@H]1[C@@H]2O[C@@H]2[C@H](OCC23CC4C(C)CCC4C4(C5OCCO5)CC2C=C(C(C)C)C34C(=O)O)O[C@@H]1C. The van der Waals surface area contributed by atoms with Gasteiger partial charge in [0.15, 0.2) is 12.6 Å². The minimum Gasteiger partial charge on any atom is -0.481 e. The molecule has 3 saturated carbocycles. The number of allylic oxidation sites excluding steroid dienone is 1. The number of hydrogen-bond acceptors (Lipinski definition) is 7. The first kappa shape index (κ1) is 25.0. The maximum atomic E-state index is 13.9. The minimum atomic E-state index is -1.09. The van der Waals surface area contributed by atoms with Gasteiger partial charge in [-0.3, -0.25) is 4.79 Å². The summed E-state index contributed by atoms with van der Waals surface area (Å²) in [6.45, 7) is 10.0. The lowest BCUT2D eigenvalue weighted by Crippen LogP contribution is -2.66. The number of fused-ring (bicyclic) bond motifs is 3. The Morgan fingerprint density at radius 1 is 1.14 bits per heavy atom. The summed E-state index contributed by atoms with van der Waals surface area (Å²) >= 11 is 0. The van der Waals surface area contributed by atoms with Crippen LogP contribution in [0.15, 0.2) is 11.6 Å². The molecule has 0 amide bonds. The van der Waals surface area contributed by atoms with Crippen LogP contribution in [0.25, 0.3) is 0 Å². The van der Waals surface area contributed by atoms with E-state index in [9.17, 15) is 9.90 Å². The molecule has 0 radical (unpaired) electrons. The first-order chi connectivity index (χ1) is 17.7. The summed E-state index contributed by atoms with van der Waals surface area (Å²) < 4.78 is 37.0. The highest BCUT2D eigenvalue weighted by molar-refractivity contribution is 5.85. The van der Waals surface area contributed by atoms with E-state index in [1.165, 1.54) is 0 Å². The normalized spacial score (nSPS) is 53.9. The van der Waals surface area contributed by atoms with Crippen molar-refractivity contribution < 1.29 is 38.3 Å². The van der Waals surface area contributed by atoms with Crippen LogP contribution in [0.5, 0.6) is 0 Å². The number of hydrogen-bond donors (Lipinski definition) is 1. The first-order valence-corrected chi connectivity index (χ1v) is 14.4. The van der Waals surface area contributed by atoms with Gasteiger partial charge in [0.1, 0.15) is 23.7 Å². The van der Waals surface area contributed by atoms with Crippen LogP contribution in [-0.2, 0) is 33.2 Å². The van der Waals surface area contributed by atoms with Gasteiger partial charge >= 0.3 is 5.97 Å². The molecule has 3 saturated heterocycles. The molecule has 7 aliphatic rings. The molecule has 0 aromatic heterocycles. The maximum absolute atomic E-state index is 13.9. The van der Waals surface area contributed by atoms with Gasteiger partial charge in [0, 0.05) is 17.9 Å². The first-order valence-electron chi connectivity index (χ1n) is 14.4. The Labute approximate surface area is 219 Å². The summed E-state index contributed by atoms with van der Waals surface area (Å²) in [4.78, 5) is 13.9. The average molecular weight is 519 g/mol. The molecular formula is C29H42O8. The Bertz CT molecular complexity index is 988. The third-order valence-corrected chi connectivity index (χ3v) is 11.7. The Kier molecular flexibility index (Phi) is 5.56. The zero-order chi connectivity index (χ0) is 25.9. The lowest BCUT2D eigenvalue weighted by molar-refractivity contribution is -0.262. The number of methoxy groups -OCH3 is 1. The van der Waals surface area contributed by atoms with Gasteiger partial charge < -0.3 is 33.5 Å². The van der Waals surface area contributed by atoms with Crippen molar-refractivity contribution in [2.75, 3.05) is 26.9 Å². The molecule has 7 rings (SSSR count). The molecule has 37 heavy (non-hydrogen) atoms. The quantitative estimate of drug-likeness (QED) is 0.403. The molecule has 0 aromatic carbocycles. The van der Waals surface area contributed by atoms with Crippen molar-refractivity contribution in [1.82, 2.24) is 0 Å². The summed E-state index contributed by atoms with van der Waals surface area (Å²) in [6, 6.07) is 0. The highest BCUT2D eigenvalue weighted by atomic mass is 16.8. The molecule has 3 heterocycles. The molecule has 1 N–H and O–H groups in total. The van der Waals surface area contributed by atoms with Gasteiger partial charge in [-0.2, -0.15) is 0 Å². The smallest absolute Gasteiger partial charge is 0.315 e. The van der Waals surface area contributed by atoms with E-state index in [0.29, 0.717) is 31.7 Å². The predicted molar refractivity (Wildman–Crippen MR) is 131 cm³/mol. The van der Waals surface area contributed by atoms with Gasteiger partial charge in [-0.1, -0.05) is 38.8 Å². The molecular weight excluding hydrogens is 476 g/mol. The molecule has 8 nitrogen and oxygen atoms in total. The van der Waals surface area contributed by atoms with Gasteiger partial charge in [-0.05, 0) is 55.8 Å². The molecule has 7 unspecified atom stereocenters. The fourth-order valence-electron chi connectivity index (χ4n) is 10.5. The van der Waals surface area contributed by atoms with Crippen LogP contribution < -0.4 is 0 Å². The minimum absolute atomic E-state index is 0.0284. The molecule has 8 heteroatoms. The van der Waals surface area contributed by atoms with E-state index < -0.39 is 34.8 Å². The third-order valence-electron chi connectivity index (χ3n) is 11.7. The summed E-state index contributed by atoms with van der Waals surface area (Å²) in [5, 5.41) is 11.4. The summed E-state index contributed by atoms with van der Waals surface area (Å²) in [5.41, 5.74) is -1.19. The largest absolute Gasteiger partial charge is 0.481 e. The van der Waals surface area contributed by atoms with Crippen molar-refractivity contribution in [2.24, 2.45) is 45.8 Å². The molecule has 4 aliphatic carbocycles. The van der Waals surface area contributed by atoms with E-state index in [0.717, 1.165) is 31.3 Å². The summed E-state index contributed by atoms with van der Waals surface area (Å²) in [7, 11) is 1.68. The van der Waals surface area contributed by atoms with E-state index in [1.54, 1.807) is 7.11 Å². The van der Waals surface area contributed by atoms with Gasteiger partial charge in [-0.15, -0.1) is 0 Å². The Balaban J connectivity index is 1.32. The fourth-order valence-corrected chi connectivity index (χ4v) is 10.5. The van der Waals surface area contributed by atoms with Crippen molar-refractivity contribution in [2.45, 2.75) is 90.4 Å². The van der Waals surface area contributed by atoms with E-state index in [1.807, 2.05) is 6.92 Å². The second-order valence-corrected chi connectivity index (χ2v) is 13.2. The number of ether oxygens (including phenoxy) is 6. The zero-order valence-corrected chi connectivity index (χ0v) is 22.7. The topological polar surface area (TPSA) is 96.0 Å². The number of carbonyl (C=O) groups is 1. The van der Waals surface area contributed by atoms with Crippen molar-refractivity contribution in [3.63, 3.8) is 0 Å². The number of epoxide rings is 1. The van der Waals surface area contributed by atoms with E-state index in [-0.39, 0.29) is 42.2 Å². The number of carboxylic acids is 1. The monoisotopic (exact) mass is 518 g/mol. The van der Waals surface area contributed by atoms with Crippen LogP contribution in [0.3, 0.4) is 0 Å². The van der Waals surface area contributed by atoms with Crippen molar-refractivity contribution >= 4 is 5.97 Å². The summed E-state index contributed by atoms with van der Waals surface area (Å²) in [5.74, 6) is 0.735. The number of carboxylic acid groups (broad SMARTS) is 1. The highest BCUT2D eigenvalue weighted by Crippen LogP contribution is 2.84. The maximum Gasteiger partial charge on any atom is 0.315 e. The Morgan fingerprint density at radius 3 is 2.57 bits per heavy atom. The molecule has 12 atom stereocenters. The van der Waals surface area contributed by atoms with E-state index >= 15 is 0 Å². The highest BCUT2D eigenvalue weighted by Gasteiger charge is 2.86. The summed E-state index contributed by atoms with van der Waals surface area (Å²) in [6.07, 6.45) is 4.66. The van der Waals surface area contributed by atoms with Crippen molar-refractivity contribution in [1.29, 1.82) is 0 Å². The Morgan fingerprint density at radius 2 is 1.89 bits per heavy atom. The van der Waals surface area contributed by atoms with Crippen molar-refractivity contribution in [3.05, 3.63) is 11.6 Å². The number of aliphatic carboxylic acids is 1. The standard InChI is InChI=1S/C29H42O8/c1-14(2)20-10-17-11-28(26-33-8-9-34-26)19-7-6-15(3)18(19)12-27(17,29(20,28)25(30)31)13-35-24-23-22(37-23)21(32-5)16(4)36-24/h10,14-19,21-24,26H,6-9,11-13H2,1-5H3,(H,30,31)/t15?,16-,17?,18?,19?,21-,22+,23+,24-,27?,28?,29?/m1/s1. The van der Waals surface area contributed by atoms with Crippen LogP contribution >= 0.6 is 0 Å². The fraction of sp³-hybridized carbons (Fsp3) is 0.897. The van der Waals surface area contributed by atoms with Gasteiger partial charge in [0.05, 0.1) is 25.9 Å². The number of rotatable bonds is 7. The predicted octanol–water partition coefficient (Wildman–Crippen LogP) is 3.63. The second kappa shape index (κ2) is 8.24. The van der Waals surface area contributed by atoms with Crippen LogP contribution in [0.1, 0.15) is 53.4 Å². The van der Waals surface area contributed by atoms with Gasteiger partial charge in [-0.25, -0.2) is 0 Å². The van der Waals surface area contributed by atoms with E-state index in [2.05, 4.69) is 26.8 Å². The lowest BCUT2D eigenvalue weighted by atomic mass is 9.42. The van der Waals surface area contributed by atoms with Crippen molar-refractivity contribution in [3.8, 4) is 0 Å². The second-order valence-electron chi connectivity index (χ2n) is 13.2. The zero-order valence-electron chi connectivity index (χ0n) is 22.7. The van der Waals surface area contributed by atoms with Gasteiger partial charge in [0.25, 0.3) is 0 Å². The Hall–Kier alpha value is -1.03. The molecule has 6 fully saturated rings. The molecule has 206 valence electrons. The van der Waals surface area contributed by atoms with Crippen LogP contribution in [0.4, 0.5) is 0 Å². The van der Waals surface area contributed by atoms with Crippen LogP contribution in [-0.4, -0.2) is 75.0 Å². The average Bonchev–Trinajstić information content (AvgIpc) is 3.17. The van der Waals surface area contributed by atoms with Crippen LogP contribution in [0.2, 0.25) is 0 Å². The molecule has 0 spiro atoms. The van der Waals surface area contributed by atoms with E-state index in [4.69, 9.17) is 28.4 Å². The molecule has 3 aliphatic heterocycles. The molecule has 0 aromatic rings. The third kappa shape index (κ3) is 2.88. The molecule has 4 bridgehead atoms.